The van der Waals surface area contributed by atoms with Gasteiger partial charge in [-0.1, -0.05) is 11.8 Å². The Bertz CT molecular complexity index is 504. The van der Waals surface area contributed by atoms with Crippen molar-refractivity contribution in [1.29, 1.82) is 0 Å². The molecule has 4 heteroatoms. The van der Waals surface area contributed by atoms with Crippen LogP contribution in [0.5, 0.6) is 5.75 Å². The number of rotatable bonds is 4. The van der Waals surface area contributed by atoms with Crippen LogP contribution in [0.2, 0.25) is 0 Å². The highest BCUT2D eigenvalue weighted by molar-refractivity contribution is 5.46. The molecule has 2 rings (SSSR count). The van der Waals surface area contributed by atoms with Crippen LogP contribution < -0.4 is 4.74 Å². The van der Waals surface area contributed by atoms with Gasteiger partial charge in [0.1, 0.15) is 18.2 Å². The number of halogens is 1. The van der Waals surface area contributed by atoms with E-state index in [2.05, 4.69) is 11.8 Å². The van der Waals surface area contributed by atoms with Gasteiger partial charge in [0.25, 0.3) is 0 Å². The van der Waals surface area contributed by atoms with E-state index in [9.17, 15) is 4.39 Å². The molecule has 0 bridgehead atoms. The largest absolute Gasteiger partial charge is 0.490 e. The van der Waals surface area contributed by atoms with Crippen molar-refractivity contribution in [2.24, 2.45) is 0 Å². The Labute approximate surface area is 118 Å². The van der Waals surface area contributed by atoms with E-state index in [-0.39, 0.29) is 24.6 Å². The highest BCUT2D eigenvalue weighted by Crippen LogP contribution is 2.23. The van der Waals surface area contributed by atoms with Crippen molar-refractivity contribution in [2.75, 3.05) is 13.2 Å². The highest BCUT2D eigenvalue weighted by Gasteiger charge is 2.22. The van der Waals surface area contributed by atoms with Gasteiger partial charge in [0.15, 0.2) is 0 Å². The fourth-order valence-corrected chi connectivity index (χ4v) is 2.13. The summed E-state index contributed by atoms with van der Waals surface area (Å²) < 4.78 is 24.6. The lowest BCUT2D eigenvalue weighted by atomic mass is 10.2. The van der Waals surface area contributed by atoms with Gasteiger partial charge in [0.2, 0.25) is 0 Å². The lowest BCUT2D eigenvalue weighted by molar-refractivity contribution is 0.0264. The van der Waals surface area contributed by atoms with Crippen molar-refractivity contribution >= 4 is 0 Å². The van der Waals surface area contributed by atoms with Gasteiger partial charge in [-0.3, -0.25) is 0 Å². The number of benzene rings is 1. The first-order chi connectivity index (χ1) is 9.69. The maximum atomic E-state index is 13.3. The van der Waals surface area contributed by atoms with Crippen LogP contribution in [0.4, 0.5) is 4.39 Å². The van der Waals surface area contributed by atoms with E-state index in [1.54, 1.807) is 6.07 Å². The van der Waals surface area contributed by atoms with Gasteiger partial charge in [0, 0.05) is 6.42 Å². The first kappa shape index (κ1) is 14.8. The molecule has 0 amide bonds. The molecular weight excluding hydrogens is 259 g/mol. The van der Waals surface area contributed by atoms with E-state index in [0.717, 1.165) is 12.8 Å². The number of hydrogen-bond donors (Lipinski definition) is 1. The number of aliphatic hydroxyl groups is 1. The van der Waals surface area contributed by atoms with Crippen molar-refractivity contribution in [3.8, 4) is 17.6 Å². The van der Waals surface area contributed by atoms with E-state index >= 15 is 0 Å². The maximum Gasteiger partial charge on any atom is 0.135 e. The summed E-state index contributed by atoms with van der Waals surface area (Å²) in [7, 11) is 0. The summed E-state index contributed by atoms with van der Waals surface area (Å²) >= 11 is 0. The molecule has 1 aromatic rings. The summed E-state index contributed by atoms with van der Waals surface area (Å²) in [6, 6.07) is 4.28. The van der Waals surface area contributed by atoms with Crippen LogP contribution in [0.25, 0.3) is 0 Å². The van der Waals surface area contributed by atoms with E-state index < -0.39 is 0 Å². The zero-order valence-corrected chi connectivity index (χ0v) is 11.6. The Balaban J connectivity index is 2.01. The summed E-state index contributed by atoms with van der Waals surface area (Å²) in [5, 5.41) is 8.72. The lowest BCUT2D eigenvalue weighted by Gasteiger charge is -2.13. The van der Waals surface area contributed by atoms with E-state index in [1.165, 1.54) is 12.1 Å². The second kappa shape index (κ2) is 7.28. The zero-order chi connectivity index (χ0) is 14.4. The van der Waals surface area contributed by atoms with E-state index in [4.69, 9.17) is 14.6 Å². The predicted molar refractivity (Wildman–Crippen MR) is 74.0 cm³/mol. The van der Waals surface area contributed by atoms with Gasteiger partial charge in [0.05, 0.1) is 24.4 Å². The molecule has 3 nitrogen and oxygen atoms in total. The van der Waals surface area contributed by atoms with E-state index in [0.29, 0.717) is 24.3 Å². The Morgan fingerprint density at radius 1 is 1.45 bits per heavy atom. The first-order valence-electron chi connectivity index (χ1n) is 6.86. The van der Waals surface area contributed by atoms with Crippen LogP contribution >= 0.6 is 0 Å². The van der Waals surface area contributed by atoms with Crippen LogP contribution in [-0.4, -0.2) is 30.5 Å². The molecule has 1 N–H and O–H groups in total. The molecule has 1 aromatic carbocycles. The van der Waals surface area contributed by atoms with E-state index in [1.807, 2.05) is 6.92 Å². The Hall–Kier alpha value is -1.57. The zero-order valence-electron chi connectivity index (χ0n) is 11.6. The van der Waals surface area contributed by atoms with Gasteiger partial charge in [-0.15, -0.1) is 0 Å². The molecule has 1 saturated heterocycles. The van der Waals surface area contributed by atoms with Crippen LogP contribution in [0.15, 0.2) is 18.2 Å². The molecule has 108 valence electrons. The summed E-state index contributed by atoms with van der Waals surface area (Å²) in [6.45, 7) is 2.49. The molecule has 0 saturated carbocycles. The maximum absolute atomic E-state index is 13.3. The number of aliphatic hydroxyl groups excluding tert-OH is 1. The molecule has 20 heavy (non-hydrogen) atoms. The molecule has 1 aliphatic heterocycles. The van der Waals surface area contributed by atoms with Crippen molar-refractivity contribution in [1.82, 2.24) is 0 Å². The minimum absolute atomic E-state index is 0.00763. The van der Waals surface area contributed by atoms with Crippen molar-refractivity contribution in [3.63, 3.8) is 0 Å². The molecule has 1 heterocycles. The van der Waals surface area contributed by atoms with Crippen LogP contribution in [0.1, 0.15) is 31.7 Å². The highest BCUT2D eigenvalue weighted by atomic mass is 19.1. The SMILES string of the molecule is CC1CCC(COc2ccc(F)cc2C#CCCO)O1. The molecule has 0 spiro atoms. The monoisotopic (exact) mass is 278 g/mol. The minimum Gasteiger partial charge on any atom is -0.490 e. The first-order valence-corrected chi connectivity index (χ1v) is 6.86. The second-order valence-electron chi connectivity index (χ2n) is 4.87. The van der Waals surface area contributed by atoms with Crippen LogP contribution in [-0.2, 0) is 4.74 Å². The minimum atomic E-state index is -0.351. The molecule has 2 unspecified atom stereocenters. The van der Waals surface area contributed by atoms with Crippen molar-refractivity contribution in [2.45, 2.75) is 38.4 Å². The Morgan fingerprint density at radius 2 is 2.30 bits per heavy atom. The van der Waals surface area contributed by atoms with Gasteiger partial charge in [-0.05, 0) is 38.0 Å². The molecule has 0 aliphatic carbocycles. The summed E-state index contributed by atoms with van der Waals surface area (Å²) in [4.78, 5) is 0. The van der Waals surface area contributed by atoms with Crippen LogP contribution in [0, 0.1) is 17.7 Å². The summed E-state index contributed by atoms with van der Waals surface area (Å²) in [5.41, 5.74) is 0.504. The Kier molecular flexibility index (Phi) is 5.40. The van der Waals surface area contributed by atoms with Gasteiger partial charge < -0.3 is 14.6 Å². The third-order valence-corrected chi connectivity index (χ3v) is 3.15. The second-order valence-corrected chi connectivity index (χ2v) is 4.87. The Morgan fingerprint density at radius 3 is 3.00 bits per heavy atom. The third-order valence-electron chi connectivity index (χ3n) is 3.15. The molecule has 0 radical (unpaired) electrons. The standard InChI is InChI=1S/C16H19FO3/c1-12-5-7-15(20-12)11-19-16-8-6-14(17)10-13(16)4-2-3-9-18/h6,8,10,12,15,18H,3,5,7,9,11H2,1H3. The number of ether oxygens (including phenoxy) is 2. The topological polar surface area (TPSA) is 38.7 Å². The summed E-state index contributed by atoms with van der Waals surface area (Å²) in [6.07, 6.45) is 2.75. The fraction of sp³-hybridized carbons (Fsp3) is 0.500. The van der Waals surface area contributed by atoms with Gasteiger partial charge in [-0.2, -0.15) is 0 Å². The average molecular weight is 278 g/mol. The molecular formula is C16H19FO3. The van der Waals surface area contributed by atoms with Crippen molar-refractivity contribution < 1.29 is 19.0 Å². The van der Waals surface area contributed by atoms with Crippen LogP contribution in [0.3, 0.4) is 0 Å². The van der Waals surface area contributed by atoms with Gasteiger partial charge >= 0.3 is 0 Å². The summed E-state index contributed by atoms with van der Waals surface area (Å²) in [5.74, 6) is 5.80. The fourth-order valence-electron chi connectivity index (χ4n) is 2.13. The molecule has 0 aromatic heterocycles. The lowest BCUT2D eigenvalue weighted by Crippen LogP contribution is -2.18. The normalized spacial score (nSPS) is 21.4. The van der Waals surface area contributed by atoms with Crippen molar-refractivity contribution in [3.05, 3.63) is 29.6 Å². The molecule has 2 atom stereocenters. The number of hydrogen-bond acceptors (Lipinski definition) is 3. The van der Waals surface area contributed by atoms with Gasteiger partial charge in [-0.25, -0.2) is 4.39 Å². The molecule has 1 aliphatic rings. The average Bonchev–Trinajstić information content (AvgIpc) is 2.84. The third kappa shape index (κ3) is 4.22. The molecule has 1 fully saturated rings. The smallest absolute Gasteiger partial charge is 0.135 e. The predicted octanol–water partition coefficient (Wildman–Crippen LogP) is 2.51. The quantitative estimate of drug-likeness (QED) is 0.860.